The fourth-order valence-corrected chi connectivity index (χ4v) is 2.10. The second kappa shape index (κ2) is 5.00. The van der Waals surface area contributed by atoms with E-state index in [1.54, 1.807) is 0 Å². The van der Waals surface area contributed by atoms with Crippen molar-refractivity contribution in [3.8, 4) is 0 Å². The predicted molar refractivity (Wildman–Crippen MR) is 55.2 cm³/mol. The molecule has 0 radical (unpaired) electrons. The lowest BCUT2D eigenvalue weighted by molar-refractivity contribution is -0.154. The molecule has 1 N–H and O–H groups in total. The number of nitrogens with one attached hydrogen (secondary N) is 1. The number of hydrogen-bond acceptors (Lipinski definition) is 4. The van der Waals surface area contributed by atoms with Gasteiger partial charge in [0.05, 0.1) is 7.11 Å². The molecule has 1 rings (SSSR count). The molecule has 1 saturated carbocycles. The molecule has 0 bridgehead atoms. The van der Waals surface area contributed by atoms with Crippen molar-refractivity contribution in [2.24, 2.45) is 11.0 Å². The number of nitrogens with zero attached hydrogens (tertiary/aromatic N) is 3. The number of carbonyl (C=O) groups is 1. The molecule has 0 aromatic carbocycles. The van der Waals surface area contributed by atoms with Crippen molar-refractivity contribution in [3.63, 3.8) is 0 Å². The number of ether oxygens (including phenoxy) is 1. The lowest BCUT2D eigenvalue weighted by atomic mass is 9.69. The van der Waals surface area contributed by atoms with Crippen LogP contribution in [0.15, 0.2) is 5.11 Å². The molecule has 1 fully saturated rings. The zero-order valence-electron chi connectivity index (χ0n) is 9.06. The highest BCUT2D eigenvalue weighted by atomic mass is 16.5. The quantitative estimate of drug-likeness (QED) is 0.244. The SMILES string of the molecule is COC(=O)C1(NCCN=[N+]=[N-])CC(C)C1. The van der Waals surface area contributed by atoms with Gasteiger partial charge in [0, 0.05) is 18.0 Å². The van der Waals surface area contributed by atoms with Crippen LogP contribution in [0.1, 0.15) is 19.8 Å². The van der Waals surface area contributed by atoms with Gasteiger partial charge in [-0.1, -0.05) is 12.0 Å². The van der Waals surface area contributed by atoms with E-state index in [-0.39, 0.29) is 5.97 Å². The Kier molecular flexibility index (Phi) is 3.94. The fourth-order valence-electron chi connectivity index (χ4n) is 2.10. The molecule has 1 aliphatic rings. The van der Waals surface area contributed by atoms with E-state index in [0.29, 0.717) is 19.0 Å². The number of rotatable bonds is 5. The van der Waals surface area contributed by atoms with Gasteiger partial charge < -0.3 is 10.1 Å². The number of azide groups is 1. The molecule has 0 aromatic rings. The van der Waals surface area contributed by atoms with Crippen molar-refractivity contribution >= 4 is 5.97 Å². The molecule has 84 valence electrons. The third-order valence-electron chi connectivity index (χ3n) is 2.71. The summed E-state index contributed by atoms with van der Waals surface area (Å²) >= 11 is 0. The summed E-state index contributed by atoms with van der Waals surface area (Å²) in [5, 5.41) is 6.51. The van der Waals surface area contributed by atoms with Crippen LogP contribution in [0.5, 0.6) is 0 Å². The Hall–Kier alpha value is -1.26. The Morgan fingerprint density at radius 1 is 1.73 bits per heavy atom. The van der Waals surface area contributed by atoms with Gasteiger partial charge in [-0.2, -0.15) is 0 Å². The van der Waals surface area contributed by atoms with Gasteiger partial charge in [-0.05, 0) is 24.3 Å². The molecular weight excluding hydrogens is 196 g/mol. The maximum absolute atomic E-state index is 11.5. The van der Waals surface area contributed by atoms with Gasteiger partial charge in [-0.15, -0.1) is 0 Å². The van der Waals surface area contributed by atoms with Crippen LogP contribution in [0.25, 0.3) is 10.4 Å². The van der Waals surface area contributed by atoms with Gasteiger partial charge in [0.2, 0.25) is 0 Å². The Labute approximate surface area is 88.6 Å². The fraction of sp³-hybridized carbons (Fsp3) is 0.889. The summed E-state index contributed by atoms with van der Waals surface area (Å²) in [5.41, 5.74) is 7.56. The molecular formula is C9H16N4O2. The van der Waals surface area contributed by atoms with Gasteiger partial charge in [-0.3, -0.25) is 4.79 Å². The minimum absolute atomic E-state index is 0.221. The molecule has 0 aromatic heterocycles. The molecule has 0 spiro atoms. The van der Waals surface area contributed by atoms with Crippen LogP contribution in [0.3, 0.4) is 0 Å². The van der Waals surface area contributed by atoms with Crippen LogP contribution in [-0.4, -0.2) is 31.7 Å². The van der Waals surface area contributed by atoms with E-state index in [1.165, 1.54) is 7.11 Å². The van der Waals surface area contributed by atoms with E-state index >= 15 is 0 Å². The van der Waals surface area contributed by atoms with E-state index in [2.05, 4.69) is 22.3 Å². The second-order valence-corrected chi connectivity index (χ2v) is 3.97. The van der Waals surface area contributed by atoms with Gasteiger partial charge in [0.1, 0.15) is 5.54 Å². The second-order valence-electron chi connectivity index (χ2n) is 3.97. The summed E-state index contributed by atoms with van der Waals surface area (Å²) in [6, 6.07) is 0. The maximum Gasteiger partial charge on any atom is 0.326 e. The van der Waals surface area contributed by atoms with Crippen LogP contribution in [0, 0.1) is 5.92 Å². The van der Waals surface area contributed by atoms with E-state index in [4.69, 9.17) is 10.3 Å². The van der Waals surface area contributed by atoms with Crippen LogP contribution >= 0.6 is 0 Å². The van der Waals surface area contributed by atoms with Crippen molar-refractivity contribution in [2.75, 3.05) is 20.2 Å². The predicted octanol–water partition coefficient (Wildman–Crippen LogP) is 1.23. The molecule has 0 atom stereocenters. The number of methoxy groups -OCH3 is 1. The molecule has 0 heterocycles. The summed E-state index contributed by atoms with van der Waals surface area (Å²) in [5.74, 6) is 0.317. The highest BCUT2D eigenvalue weighted by molar-refractivity contribution is 5.82. The first-order valence-corrected chi connectivity index (χ1v) is 4.99. The average molecular weight is 212 g/mol. The number of esters is 1. The molecule has 0 amide bonds. The smallest absolute Gasteiger partial charge is 0.326 e. The summed E-state index contributed by atoms with van der Waals surface area (Å²) in [4.78, 5) is 14.2. The summed E-state index contributed by atoms with van der Waals surface area (Å²) in [6.45, 7) is 2.95. The van der Waals surface area contributed by atoms with Crippen LogP contribution in [0.2, 0.25) is 0 Å². The van der Waals surface area contributed by atoms with Gasteiger partial charge in [0.15, 0.2) is 0 Å². The summed E-state index contributed by atoms with van der Waals surface area (Å²) in [7, 11) is 1.39. The number of hydrogen-bond donors (Lipinski definition) is 1. The summed E-state index contributed by atoms with van der Waals surface area (Å²) in [6.07, 6.45) is 1.58. The number of carbonyl (C=O) groups excluding carboxylic acids is 1. The zero-order valence-corrected chi connectivity index (χ0v) is 9.06. The first-order valence-electron chi connectivity index (χ1n) is 4.99. The third-order valence-corrected chi connectivity index (χ3v) is 2.71. The monoisotopic (exact) mass is 212 g/mol. The van der Waals surface area contributed by atoms with Crippen molar-refractivity contribution < 1.29 is 9.53 Å². The van der Waals surface area contributed by atoms with Crippen LogP contribution in [-0.2, 0) is 9.53 Å². The Morgan fingerprint density at radius 2 is 2.40 bits per heavy atom. The van der Waals surface area contributed by atoms with Gasteiger partial charge in [-0.25, -0.2) is 0 Å². The Balaban J connectivity index is 2.44. The molecule has 15 heavy (non-hydrogen) atoms. The molecule has 6 nitrogen and oxygen atoms in total. The third kappa shape index (κ3) is 2.61. The summed E-state index contributed by atoms with van der Waals surface area (Å²) < 4.78 is 4.76. The lowest BCUT2D eigenvalue weighted by Gasteiger charge is -2.44. The molecule has 1 aliphatic carbocycles. The zero-order chi connectivity index (χ0) is 11.3. The van der Waals surface area contributed by atoms with Crippen molar-refractivity contribution in [1.29, 1.82) is 0 Å². The first-order chi connectivity index (χ1) is 7.14. The minimum Gasteiger partial charge on any atom is -0.468 e. The topological polar surface area (TPSA) is 87.1 Å². The molecule has 6 heteroatoms. The van der Waals surface area contributed by atoms with E-state index in [9.17, 15) is 4.79 Å². The standard InChI is InChI=1S/C9H16N4O2/c1-7-5-9(6-7,8(14)15-2)11-3-4-12-13-10/h7,11H,3-6H2,1-2H3. The Morgan fingerprint density at radius 3 is 2.87 bits per heavy atom. The average Bonchev–Trinajstić information content (AvgIpc) is 2.19. The van der Waals surface area contributed by atoms with E-state index in [1.807, 2.05) is 0 Å². The largest absolute Gasteiger partial charge is 0.468 e. The van der Waals surface area contributed by atoms with Crippen LogP contribution < -0.4 is 5.32 Å². The minimum atomic E-state index is -0.543. The van der Waals surface area contributed by atoms with Crippen molar-refractivity contribution in [1.82, 2.24) is 5.32 Å². The van der Waals surface area contributed by atoms with Crippen molar-refractivity contribution in [2.45, 2.75) is 25.3 Å². The van der Waals surface area contributed by atoms with Gasteiger partial charge >= 0.3 is 5.97 Å². The molecule has 0 saturated heterocycles. The molecule has 0 aliphatic heterocycles. The van der Waals surface area contributed by atoms with E-state index < -0.39 is 5.54 Å². The van der Waals surface area contributed by atoms with E-state index in [0.717, 1.165) is 12.8 Å². The first kappa shape index (κ1) is 11.8. The lowest BCUT2D eigenvalue weighted by Crippen LogP contribution is -2.61. The van der Waals surface area contributed by atoms with Crippen molar-refractivity contribution in [3.05, 3.63) is 10.4 Å². The maximum atomic E-state index is 11.5. The van der Waals surface area contributed by atoms with Gasteiger partial charge in [0.25, 0.3) is 0 Å². The van der Waals surface area contributed by atoms with Crippen LogP contribution in [0.4, 0.5) is 0 Å². The normalized spacial score (nSPS) is 28.8. The highest BCUT2D eigenvalue weighted by Crippen LogP contribution is 2.38. The highest BCUT2D eigenvalue weighted by Gasteiger charge is 2.48. The molecule has 0 unspecified atom stereocenters. The Bertz CT molecular complexity index is 280.